The molecule has 0 unspecified atom stereocenters. The fourth-order valence-corrected chi connectivity index (χ4v) is 1.92. The molecule has 4 heteroatoms. The van der Waals surface area contributed by atoms with Gasteiger partial charge in [0.15, 0.2) is 0 Å². The van der Waals surface area contributed by atoms with E-state index in [2.05, 4.69) is 9.97 Å². The number of para-hydroxylation sites is 1. The van der Waals surface area contributed by atoms with Gasteiger partial charge in [0, 0.05) is 24.2 Å². The van der Waals surface area contributed by atoms with Crippen LogP contribution in [0.3, 0.4) is 0 Å². The number of hydrogen-bond acceptors (Lipinski definition) is 4. The fraction of sp³-hybridized carbons (Fsp3) is 0.0667. The highest BCUT2D eigenvalue weighted by atomic mass is 16.5. The zero-order chi connectivity index (χ0) is 13.1. The second-order valence-electron chi connectivity index (χ2n) is 4.12. The number of aromatic nitrogens is 2. The Balaban J connectivity index is 2.11. The number of nitrogens with two attached hydrogens (primary N) is 1. The van der Waals surface area contributed by atoms with Crippen LogP contribution < -0.4 is 10.5 Å². The molecule has 2 aromatic heterocycles. The molecule has 0 saturated carbocycles. The molecule has 0 saturated heterocycles. The Hall–Kier alpha value is -2.46. The monoisotopic (exact) mass is 251 g/mol. The normalized spacial score (nSPS) is 10.6. The van der Waals surface area contributed by atoms with Crippen LogP contribution in [0.25, 0.3) is 10.9 Å². The smallest absolute Gasteiger partial charge is 0.145 e. The Morgan fingerprint density at radius 1 is 1.11 bits per heavy atom. The predicted octanol–water partition coefficient (Wildman–Crippen LogP) is 2.88. The lowest BCUT2D eigenvalue weighted by Gasteiger charge is -2.10. The van der Waals surface area contributed by atoms with E-state index in [4.69, 9.17) is 10.5 Å². The van der Waals surface area contributed by atoms with Crippen molar-refractivity contribution >= 4 is 10.9 Å². The van der Waals surface area contributed by atoms with Crippen molar-refractivity contribution in [2.75, 3.05) is 0 Å². The SMILES string of the molecule is NCc1cc(Oc2cccnc2)c2ccccc2n1. The van der Waals surface area contributed by atoms with Crippen molar-refractivity contribution in [3.8, 4) is 11.5 Å². The van der Waals surface area contributed by atoms with Crippen LogP contribution in [-0.4, -0.2) is 9.97 Å². The van der Waals surface area contributed by atoms with Crippen molar-refractivity contribution in [1.82, 2.24) is 9.97 Å². The van der Waals surface area contributed by atoms with Crippen LogP contribution >= 0.6 is 0 Å². The third-order valence-electron chi connectivity index (χ3n) is 2.80. The van der Waals surface area contributed by atoms with Gasteiger partial charge in [-0.25, -0.2) is 0 Å². The van der Waals surface area contributed by atoms with Gasteiger partial charge in [0.25, 0.3) is 0 Å². The van der Waals surface area contributed by atoms with Crippen molar-refractivity contribution in [3.05, 3.63) is 60.6 Å². The van der Waals surface area contributed by atoms with Crippen molar-refractivity contribution in [2.24, 2.45) is 5.73 Å². The second kappa shape index (κ2) is 5.04. The lowest BCUT2D eigenvalue weighted by molar-refractivity contribution is 0.484. The first-order valence-corrected chi connectivity index (χ1v) is 6.03. The topological polar surface area (TPSA) is 61.0 Å². The van der Waals surface area contributed by atoms with Crippen molar-refractivity contribution in [3.63, 3.8) is 0 Å². The highest BCUT2D eigenvalue weighted by Crippen LogP contribution is 2.29. The van der Waals surface area contributed by atoms with Gasteiger partial charge in [-0.1, -0.05) is 12.1 Å². The average Bonchev–Trinajstić information content (AvgIpc) is 2.48. The van der Waals surface area contributed by atoms with E-state index in [1.807, 2.05) is 42.5 Å². The highest BCUT2D eigenvalue weighted by molar-refractivity contribution is 5.85. The first kappa shape index (κ1) is 11.6. The maximum absolute atomic E-state index is 5.88. The number of nitrogens with zero attached hydrogens (tertiary/aromatic N) is 2. The Labute approximate surface area is 110 Å². The molecule has 0 aliphatic carbocycles. The van der Waals surface area contributed by atoms with Gasteiger partial charge in [0.05, 0.1) is 17.4 Å². The molecule has 0 radical (unpaired) electrons. The quantitative estimate of drug-likeness (QED) is 0.777. The molecule has 0 spiro atoms. The summed E-state index contributed by atoms with van der Waals surface area (Å²) in [5.41, 5.74) is 7.36. The molecule has 0 aliphatic rings. The summed E-state index contributed by atoms with van der Waals surface area (Å²) in [7, 11) is 0. The van der Waals surface area contributed by atoms with Crippen LogP contribution in [-0.2, 0) is 6.54 Å². The maximum Gasteiger partial charge on any atom is 0.145 e. The molecule has 3 rings (SSSR count). The van der Waals surface area contributed by atoms with Crippen LogP contribution in [0.4, 0.5) is 0 Å². The largest absolute Gasteiger partial charge is 0.455 e. The average molecular weight is 251 g/mol. The van der Waals surface area contributed by atoms with E-state index in [1.54, 1.807) is 12.4 Å². The fourth-order valence-electron chi connectivity index (χ4n) is 1.92. The summed E-state index contributed by atoms with van der Waals surface area (Å²) < 4.78 is 5.88. The number of rotatable bonds is 3. The summed E-state index contributed by atoms with van der Waals surface area (Å²) in [6.45, 7) is 0.383. The molecule has 2 heterocycles. The third kappa shape index (κ3) is 2.39. The Morgan fingerprint density at radius 3 is 2.79 bits per heavy atom. The first-order valence-electron chi connectivity index (χ1n) is 6.03. The Morgan fingerprint density at radius 2 is 2.00 bits per heavy atom. The maximum atomic E-state index is 5.88. The number of fused-ring (bicyclic) bond motifs is 1. The molecule has 0 atom stereocenters. The van der Waals surface area contributed by atoms with E-state index in [0.717, 1.165) is 22.3 Å². The second-order valence-corrected chi connectivity index (χ2v) is 4.12. The minimum atomic E-state index is 0.383. The zero-order valence-corrected chi connectivity index (χ0v) is 10.3. The van der Waals surface area contributed by atoms with Gasteiger partial charge in [-0.05, 0) is 24.3 Å². The summed E-state index contributed by atoms with van der Waals surface area (Å²) in [6.07, 6.45) is 3.39. The van der Waals surface area contributed by atoms with E-state index in [-0.39, 0.29) is 0 Å². The van der Waals surface area contributed by atoms with E-state index in [0.29, 0.717) is 12.3 Å². The first-order chi connectivity index (χ1) is 9.36. The predicted molar refractivity (Wildman–Crippen MR) is 73.9 cm³/mol. The lowest BCUT2D eigenvalue weighted by atomic mass is 10.2. The molecule has 0 bridgehead atoms. The van der Waals surface area contributed by atoms with Crippen LogP contribution in [0.1, 0.15) is 5.69 Å². The molecule has 4 nitrogen and oxygen atoms in total. The van der Waals surface area contributed by atoms with Crippen LogP contribution in [0.2, 0.25) is 0 Å². The van der Waals surface area contributed by atoms with E-state index in [1.165, 1.54) is 0 Å². The van der Waals surface area contributed by atoms with Gasteiger partial charge in [-0.15, -0.1) is 0 Å². The number of ether oxygens (including phenoxy) is 1. The molecule has 0 fully saturated rings. The van der Waals surface area contributed by atoms with E-state index >= 15 is 0 Å². The van der Waals surface area contributed by atoms with Crippen molar-refractivity contribution in [2.45, 2.75) is 6.54 Å². The van der Waals surface area contributed by atoms with Gasteiger partial charge in [0.1, 0.15) is 11.5 Å². The highest BCUT2D eigenvalue weighted by Gasteiger charge is 2.07. The molecule has 0 amide bonds. The number of hydrogen-bond donors (Lipinski definition) is 1. The van der Waals surface area contributed by atoms with Crippen LogP contribution in [0.5, 0.6) is 11.5 Å². The summed E-state index contributed by atoms with van der Waals surface area (Å²) in [4.78, 5) is 8.51. The zero-order valence-electron chi connectivity index (χ0n) is 10.3. The lowest BCUT2D eigenvalue weighted by Crippen LogP contribution is -2.00. The van der Waals surface area contributed by atoms with E-state index in [9.17, 15) is 0 Å². The summed E-state index contributed by atoms with van der Waals surface area (Å²) in [5, 5.41) is 0.962. The minimum absolute atomic E-state index is 0.383. The van der Waals surface area contributed by atoms with E-state index < -0.39 is 0 Å². The minimum Gasteiger partial charge on any atom is -0.455 e. The molecular weight excluding hydrogens is 238 g/mol. The van der Waals surface area contributed by atoms with Crippen LogP contribution in [0.15, 0.2) is 54.9 Å². The molecule has 2 N–H and O–H groups in total. The summed E-state index contributed by atoms with van der Waals surface area (Å²) >= 11 is 0. The molecule has 1 aromatic carbocycles. The van der Waals surface area contributed by atoms with Crippen molar-refractivity contribution in [1.29, 1.82) is 0 Å². The van der Waals surface area contributed by atoms with Gasteiger partial charge in [0.2, 0.25) is 0 Å². The third-order valence-corrected chi connectivity index (χ3v) is 2.80. The van der Waals surface area contributed by atoms with Gasteiger partial charge >= 0.3 is 0 Å². The Kier molecular flexibility index (Phi) is 3.08. The number of pyridine rings is 2. The summed E-state index contributed by atoms with van der Waals surface area (Å²) in [6, 6.07) is 13.4. The van der Waals surface area contributed by atoms with Gasteiger partial charge in [-0.2, -0.15) is 0 Å². The van der Waals surface area contributed by atoms with Crippen LogP contribution in [0, 0.1) is 0 Å². The van der Waals surface area contributed by atoms with Gasteiger partial charge < -0.3 is 10.5 Å². The van der Waals surface area contributed by atoms with Crippen molar-refractivity contribution < 1.29 is 4.74 Å². The van der Waals surface area contributed by atoms with Gasteiger partial charge in [-0.3, -0.25) is 9.97 Å². The molecular formula is C15H13N3O. The molecule has 3 aromatic rings. The molecule has 19 heavy (non-hydrogen) atoms. The molecule has 0 aliphatic heterocycles. The number of benzene rings is 1. The molecule has 94 valence electrons. The Bertz CT molecular complexity index is 698. The standard InChI is InChI=1S/C15H13N3O/c16-9-11-8-15(19-12-4-3-7-17-10-12)13-5-1-2-6-14(13)18-11/h1-8,10H,9,16H2. The summed E-state index contributed by atoms with van der Waals surface area (Å²) in [5.74, 6) is 1.45.